The highest BCUT2D eigenvalue weighted by atomic mass is 16.4. The molecule has 1 atom stereocenters. The van der Waals surface area contributed by atoms with E-state index in [1.165, 1.54) is 44.9 Å². The number of hydrogen-bond donors (Lipinski definition) is 1. The maximum atomic E-state index is 11.3. The monoisotopic (exact) mass is 241 g/mol. The van der Waals surface area contributed by atoms with Crippen LogP contribution in [0, 0.1) is 0 Å². The van der Waals surface area contributed by atoms with Crippen LogP contribution in [-0.2, 0) is 4.79 Å². The third-order valence-corrected chi connectivity index (χ3v) is 3.70. The van der Waals surface area contributed by atoms with Gasteiger partial charge in [0, 0.05) is 0 Å². The van der Waals surface area contributed by atoms with Gasteiger partial charge in [-0.2, -0.15) is 0 Å². The van der Waals surface area contributed by atoms with Crippen molar-refractivity contribution in [3.8, 4) is 0 Å². The van der Waals surface area contributed by atoms with E-state index in [2.05, 4.69) is 11.8 Å². The molecule has 1 rings (SSSR count). The minimum Gasteiger partial charge on any atom is -0.480 e. The molecule has 0 spiro atoms. The van der Waals surface area contributed by atoms with E-state index in [1.807, 2.05) is 0 Å². The summed E-state index contributed by atoms with van der Waals surface area (Å²) in [7, 11) is 0. The molecule has 0 aromatic heterocycles. The van der Waals surface area contributed by atoms with E-state index in [9.17, 15) is 9.90 Å². The first kappa shape index (κ1) is 14.5. The highest BCUT2D eigenvalue weighted by Crippen LogP contribution is 2.17. The lowest BCUT2D eigenvalue weighted by Crippen LogP contribution is -2.41. The molecule has 1 saturated heterocycles. The van der Waals surface area contributed by atoms with Crippen LogP contribution in [0.5, 0.6) is 0 Å². The second-order valence-corrected chi connectivity index (χ2v) is 5.15. The number of unbranched alkanes of at least 4 members (excludes halogenated alkanes) is 3. The van der Waals surface area contributed by atoms with Gasteiger partial charge in [-0.3, -0.25) is 9.69 Å². The molecule has 1 aliphatic heterocycles. The largest absolute Gasteiger partial charge is 0.480 e. The van der Waals surface area contributed by atoms with Crippen molar-refractivity contribution in [3.63, 3.8) is 0 Å². The summed E-state index contributed by atoms with van der Waals surface area (Å²) in [5.74, 6) is -0.622. The zero-order valence-electron chi connectivity index (χ0n) is 11.2. The molecule has 1 fully saturated rings. The Morgan fingerprint density at radius 3 is 2.29 bits per heavy atom. The quantitative estimate of drug-likeness (QED) is 0.695. The molecule has 100 valence electrons. The number of carboxylic acid groups (broad SMARTS) is 1. The number of rotatable bonds is 7. The number of likely N-dealkylation sites (tertiary alicyclic amines) is 1. The van der Waals surface area contributed by atoms with Gasteiger partial charge >= 0.3 is 5.97 Å². The van der Waals surface area contributed by atoms with Gasteiger partial charge in [-0.15, -0.1) is 0 Å². The highest BCUT2D eigenvalue weighted by Gasteiger charge is 2.25. The van der Waals surface area contributed by atoms with Gasteiger partial charge in [0.25, 0.3) is 0 Å². The molecular weight excluding hydrogens is 214 g/mol. The fourth-order valence-electron chi connectivity index (χ4n) is 2.63. The molecule has 0 radical (unpaired) electrons. The van der Waals surface area contributed by atoms with Gasteiger partial charge in [-0.25, -0.2) is 0 Å². The van der Waals surface area contributed by atoms with E-state index in [1.54, 1.807) is 0 Å². The van der Waals surface area contributed by atoms with Gasteiger partial charge in [-0.05, 0) is 32.4 Å². The summed E-state index contributed by atoms with van der Waals surface area (Å²) in [6.45, 7) is 4.14. The van der Waals surface area contributed by atoms with E-state index in [-0.39, 0.29) is 6.04 Å². The highest BCUT2D eigenvalue weighted by molar-refractivity contribution is 5.73. The van der Waals surface area contributed by atoms with Crippen molar-refractivity contribution < 1.29 is 9.90 Å². The molecule has 0 saturated carbocycles. The van der Waals surface area contributed by atoms with Gasteiger partial charge in [-0.1, -0.05) is 45.4 Å². The summed E-state index contributed by atoms with van der Waals surface area (Å²) in [4.78, 5) is 13.5. The van der Waals surface area contributed by atoms with Crippen molar-refractivity contribution in [3.05, 3.63) is 0 Å². The van der Waals surface area contributed by atoms with Crippen LogP contribution in [0.4, 0.5) is 0 Å². The van der Waals surface area contributed by atoms with Crippen LogP contribution in [0.25, 0.3) is 0 Å². The lowest BCUT2D eigenvalue weighted by atomic mass is 10.1. The Bertz CT molecular complexity index is 210. The summed E-state index contributed by atoms with van der Waals surface area (Å²) in [5, 5.41) is 9.33. The fourth-order valence-corrected chi connectivity index (χ4v) is 2.63. The Morgan fingerprint density at radius 2 is 1.76 bits per heavy atom. The molecule has 0 aromatic rings. The van der Waals surface area contributed by atoms with E-state index in [0.29, 0.717) is 0 Å². The van der Waals surface area contributed by atoms with Crippen molar-refractivity contribution in [1.29, 1.82) is 0 Å². The van der Waals surface area contributed by atoms with Crippen molar-refractivity contribution in [2.75, 3.05) is 13.1 Å². The molecule has 0 bridgehead atoms. The van der Waals surface area contributed by atoms with Crippen LogP contribution < -0.4 is 0 Å². The first-order valence-electron chi connectivity index (χ1n) is 7.22. The van der Waals surface area contributed by atoms with Crippen LogP contribution in [0.3, 0.4) is 0 Å². The van der Waals surface area contributed by atoms with Crippen molar-refractivity contribution in [1.82, 2.24) is 4.90 Å². The van der Waals surface area contributed by atoms with E-state index >= 15 is 0 Å². The average Bonchev–Trinajstić information content (AvgIpc) is 2.57. The zero-order valence-corrected chi connectivity index (χ0v) is 11.2. The minimum atomic E-state index is -0.622. The molecule has 17 heavy (non-hydrogen) atoms. The lowest BCUT2D eigenvalue weighted by Gasteiger charge is -2.27. The van der Waals surface area contributed by atoms with E-state index in [4.69, 9.17) is 0 Å². The topological polar surface area (TPSA) is 40.5 Å². The summed E-state index contributed by atoms with van der Waals surface area (Å²) >= 11 is 0. The maximum absolute atomic E-state index is 11.3. The van der Waals surface area contributed by atoms with Crippen molar-refractivity contribution in [2.45, 2.75) is 70.8 Å². The second-order valence-electron chi connectivity index (χ2n) is 5.15. The first-order valence-corrected chi connectivity index (χ1v) is 7.22. The summed E-state index contributed by atoms with van der Waals surface area (Å²) in [6, 6.07) is -0.232. The third kappa shape index (κ3) is 5.53. The van der Waals surface area contributed by atoms with Crippen molar-refractivity contribution >= 4 is 5.97 Å². The smallest absolute Gasteiger partial charge is 0.320 e. The molecule has 3 heteroatoms. The summed E-state index contributed by atoms with van der Waals surface area (Å²) < 4.78 is 0. The van der Waals surface area contributed by atoms with Gasteiger partial charge in [0.05, 0.1) is 0 Å². The van der Waals surface area contributed by atoms with Crippen LogP contribution in [0.1, 0.15) is 64.7 Å². The van der Waals surface area contributed by atoms with Crippen LogP contribution >= 0.6 is 0 Å². The number of aliphatic carboxylic acids is 1. The molecule has 0 aromatic carbocycles. The lowest BCUT2D eigenvalue weighted by molar-refractivity contribution is -0.143. The van der Waals surface area contributed by atoms with E-state index < -0.39 is 5.97 Å². The predicted molar refractivity (Wildman–Crippen MR) is 70.2 cm³/mol. The SMILES string of the molecule is CCCCCCC(C(=O)O)N1CCCCCC1. The summed E-state index contributed by atoms with van der Waals surface area (Å²) in [6.07, 6.45) is 10.4. The molecule has 0 aliphatic carbocycles. The van der Waals surface area contributed by atoms with Gasteiger partial charge in [0.1, 0.15) is 6.04 Å². The molecule has 3 nitrogen and oxygen atoms in total. The van der Waals surface area contributed by atoms with Gasteiger partial charge in [0.2, 0.25) is 0 Å². The Kier molecular flexibility index (Phi) is 7.25. The molecule has 1 heterocycles. The molecule has 1 aliphatic rings. The van der Waals surface area contributed by atoms with Gasteiger partial charge in [0.15, 0.2) is 0 Å². The summed E-state index contributed by atoms with van der Waals surface area (Å²) in [5.41, 5.74) is 0. The minimum absolute atomic E-state index is 0.232. The Morgan fingerprint density at radius 1 is 1.12 bits per heavy atom. The second kappa shape index (κ2) is 8.51. The molecular formula is C14H27NO2. The number of carboxylic acids is 1. The Labute approximate surface area is 105 Å². The maximum Gasteiger partial charge on any atom is 0.320 e. The van der Waals surface area contributed by atoms with Crippen LogP contribution in [-0.4, -0.2) is 35.1 Å². The van der Waals surface area contributed by atoms with Crippen molar-refractivity contribution in [2.24, 2.45) is 0 Å². The molecule has 0 amide bonds. The predicted octanol–water partition coefficient (Wildman–Crippen LogP) is 3.29. The third-order valence-electron chi connectivity index (χ3n) is 3.70. The first-order chi connectivity index (χ1) is 8.25. The van der Waals surface area contributed by atoms with Crippen LogP contribution in [0.2, 0.25) is 0 Å². The van der Waals surface area contributed by atoms with Gasteiger partial charge < -0.3 is 5.11 Å². The van der Waals surface area contributed by atoms with Crippen LogP contribution in [0.15, 0.2) is 0 Å². The average molecular weight is 241 g/mol. The fraction of sp³-hybridized carbons (Fsp3) is 0.929. The Balaban J connectivity index is 2.37. The number of hydrogen-bond acceptors (Lipinski definition) is 2. The zero-order chi connectivity index (χ0) is 12.5. The number of carbonyl (C=O) groups is 1. The standard InChI is InChI=1S/C14H27NO2/c1-2-3-4-7-10-13(14(16)17)15-11-8-5-6-9-12-15/h13H,2-12H2,1H3,(H,16,17). The van der Waals surface area contributed by atoms with E-state index in [0.717, 1.165) is 25.9 Å². The molecule has 1 N–H and O–H groups in total. The normalized spacial score (nSPS) is 19.8. The molecule has 1 unspecified atom stereocenters. The number of nitrogens with zero attached hydrogens (tertiary/aromatic N) is 1. The Hall–Kier alpha value is -0.570.